The van der Waals surface area contributed by atoms with E-state index in [-0.39, 0.29) is 16.9 Å². The lowest BCUT2D eigenvalue weighted by Gasteiger charge is -2.19. The van der Waals surface area contributed by atoms with Crippen molar-refractivity contribution in [2.45, 2.75) is 39.2 Å². The topological polar surface area (TPSA) is 12.0 Å². The molecular weight excluding hydrogens is 225 g/mol. The monoisotopic (exact) mass is 243 g/mol. The Labute approximate surface area is 102 Å². The average Bonchev–Trinajstić information content (AvgIpc) is 2.28. The van der Waals surface area contributed by atoms with E-state index in [9.17, 15) is 4.39 Å². The summed E-state index contributed by atoms with van der Waals surface area (Å²) in [5, 5.41) is 3.66. The maximum atomic E-state index is 13.3. The highest BCUT2D eigenvalue weighted by Crippen LogP contribution is 2.28. The lowest BCUT2D eigenvalue weighted by Crippen LogP contribution is -2.22. The predicted octanol–water partition coefficient (Wildman–Crippen LogP) is 4.32. The van der Waals surface area contributed by atoms with Crippen molar-refractivity contribution in [2.75, 3.05) is 6.54 Å². The normalized spacial score (nSPS) is 12.8. The molecule has 1 atom stereocenters. The highest BCUT2D eigenvalue weighted by Gasteiger charge is 2.15. The second-order valence-corrected chi connectivity index (χ2v) is 4.32. The van der Waals surface area contributed by atoms with Crippen LogP contribution in [-0.2, 0) is 0 Å². The molecule has 0 fully saturated rings. The van der Waals surface area contributed by atoms with Crippen LogP contribution in [-0.4, -0.2) is 6.54 Å². The quantitative estimate of drug-likeness (QED) is 0.785. The van der Waals surface area contributed by atoms with E-state index >= 15 is 0 Å². The van der Waals surface area contributed by atoms with Gasteiger partial charge in [-0.2, -0.15) is 0 Å². The van der Waals surface area contributed by atoms with Gasteiger partial charge in [0.2, 0.25) is 0 Å². The molecule has 1 N–H and O–H groups in total. The van der Waals surface area contributed by atoms with Crippen LogP contribution in [0.5, 0.6) is 0 Å². The number of nitrogens with one attached hydrogen (secondary N) is 1. The van der Waals surface area contributed by atoms with E-state index in [1.165, 1.54) is 6.07 Å². The SMILES string of the molecule is CCCNC(CCC)c1cccc(F)c1Cl. The minimum absolute atomic E-state index is 0.160. The molecule has 0 amide bonds. The first-order valence-corrected chi connectivity index (χ1v) is 6.25. The molecule has 0 aromatic heterocycles. The molecule has 0 saturated heterocycles. The van der Waals surface area contributed by atoms with Crippen LogP contribution in [0, 0.1) is 5.82 Å². The van der Waals surface area contributed by atoms with Gasteiger partial charge in [0.1, 0.15) is 5.82 Å². The van der Waals surface area contributed by atoms with Gasteiger partial charge in [-0.05, 0) is 31.0 Å². The van der Waals surface area contributed by atoms with Crippen molar-refractivity contribution in [3.8, 4) is 0 Å². The Bertz CT molecular complexity index is 328. The van der Waals surface area contributed by atoms with Gasteiger partial charge in [-0.3, -0.25) is 0 Å². The molecule has 0 radical (unpaired) electrons. The number of rotatable bonds is 6. The van der Waals surface area contributed by atoms with E-state index in [4.69, 9.17) is 11.6 Å². The molecule has 0 spiro atoms. The molecule has 0 aliphatic rings. The van der Waals surface area contributed by atoms with Gasteiger partial charge in [0.05, 0.1) is 5.02 Å². The molecule has 1 aromatic rings. The minimum atomic E-state index is -0.335. The number of hydrogen-bond acceptors (Lipinski definition) is 1. The minimum Gasteiger partial charge on any atom is -0.310 e. The maximum absolute atomic E-state index is 13.3. The molecule has 0 aliphatic heterocycles. The molecule has 1 aromatic carbocycles. The first kappa shape index (κ1) is 13.5. The van der Waals surface area contributed by atoms with E-state index in [0.29, 0.717) is 0 Å². The van der Waals surface area contributed by atoms with Gasteiger partial charge in [0, 0.05) is 6.04 Å². The van der Waals surface area contributed by atoms with Crippen LogP contribution in [0.4, 0.5) is 4.39 Å². The third kappa shape index (κ3) is 3.46. The van der Waals surface area contributed by atoms with Crippen LogP contribution in [0.1, 0.15) is 44.7 Å². The second kappa shape index (κ2) is 6.87. The molecule has 16 heavy (non-hydrogen) atoms. The lowest BCUT2D eigenvalue weighted by molar-refractivity contribution is 0.491. The van der Waals surface area contributed by atoms with Gasteiger partial charge in [0.25, 0.3) is 0 Å². The van der Waals surface area contributed by atoms with Gasteiger partial charge < -0.3 is 5.32 Å². The van der Waals surface area contributed by atoms with E-state index in [1.54, 1.807) is 6.07 Å². The van der Waals surface area contributed by atoms with E-state index in [1.807, 2.05) is 6.07 Å². The number of benzene rings is 1. The fraction of sp³-hybridized carbons (Fsp3) is 0.538. The van der Waals surface area contributed by atoms with Crippen LogP contribution in [0.15, 0.2) is 18.2 Å². The fourth-order valence-corrected chi connectivity index (χ4v) is 2.02. The van der Waals surface area contributed by atoms with Crippen LogP contribution < -0.4 is 5.32 Å². The summed E-state index contributed by atoms with van der Waals surface area (Å²) in [6.45, 7) is 5.16. The first-order chi connectivity index (χ1) is 7.70. The predicted molar refractivity (Wildman–Crippen MR) is 67.4 cm³/mol. The van der Waals surface area contributed by atoms with Crippen LogP contribution >= 0.6 is 11.6 Å². The van der Waals surface area contributed by atoms with Gasteiger partial charge in [-0.25, -0.2) is 4.39 Å². The third-order valence-electron chi connectivity index (χ3n) is 2.57. The molecule has 90 valence electrons. The van der Waals surface area contributed by atoms with Crippen LogP contribution in [0.2, 0.25) is 5.02 Å². The Hall–Kier alpha value is -0.600. The third-order valence-corrected chi connectivity index (χ3v) is 2.97. The smallest absolute Gasteiger partial charge is 0.142 e. The Morgan fingerprint density at radius 1 is 1.31 bits per heavy atom. The number of hydrogen-bond donors (Lipinski definition) is 1. The van der Waals surface area contributed by atoms with Crippen molar-refractivity contribution in [2.24, 2.45) is 0 Å². The molecule has 0 heterocycles. The van der Waals surface area contributed by atoms with Crippen molar-refractivity contribution >= 4 is 11.6 Å². The van der Waals surface area contributed by atoms with Crippen LogP contribution in [0.25, 0.3) is 0 Å². The Morgan fingerprint density at radius 2 is 2.06 bits per heavy atom. The summed E-state index contributed by atoms with van der Waals surface area (Å²) in [5.74, 6) is -0.335. The zero-order chi connectivity index (χ0) is 12.0. The fourth-order valence-electron chi connectivity index (χ4n) is 1.76. The summed E-state index contributed by atoms with van der Waals surface area (Å²) < 4.78 is 13.3. The van der Waals surface area contributed by atoms with Crippen molar-refractivity contribution < 1.29 is 4.39 Å². The van der Waals surface area contributed by atoms with Gasteiger partial charge in [-0.15, -0.1) is 0 Å². The van der Waals surface area contributed by atoms with E-state index < -0.39 is 0 Å². The zero-order valence-electron chi connectivity index (χ0n) is 9.89. The van der Waals surface area contributed by atoms with E-state index in [0.717, 1.165) is 31.4 Å². The van der Waals surface area contributed by atoms with Gasteiger partial charge in [-0.1, -0.05) is 44.0 Å². The summed E-state index contributed by atoms with van der Waals surface area (Å²) in [6, 6.07) is 5.17. The van der Waals surface area contributed by atoms with Crippen LogP contribution in [0.3, 0.4) is 0 Å². The summed E-state index contributed by atoms with van der Waals surface area (Å²) in [4.78, 5) is 0. The summed E-state index contributed by atoms with van der Waals surface area (Å²) >= 11 is 5.99. The first-order valence-electron chi connectivity index (χ1n) is 5.88. The molecule has 0 saturated carbocycles. The summed E-state index contributed by atoms with van der Waals surface area (Å²) in [7, 11) is 0. The molecule has 1 rings (SSSR count). The second-order valence-electron chi connectivity index (χ2n) is 3.94. The summed E-state index contributed by atoms with van der Waals surface area (Å²) in [5.41, 5.74) is 0.872. The molecular formula is C13H19ClFN. The summed E-state index contributed by atoms with van der Waals surface area (Å²) in [6.07, 6.45) is 3.09. The molecule has 0 bridgehead atoms. The van der Waals surface area contributed by atoms with Gasteiger partial charge >= 0.3 is 0 Å². The van der Waals surface area contributed by atoms with Crippen molar-refractivity contribution in [1.29, 1.82) is 0 Å². The lowest BCUT2D eigenvalue weighted by atomic mass is 10.0. The highest BCUT2D eigenvalue weighted by atomic mass is 35.5. The van der Waals surface area contributed by atoms with Crippen molar-refractivity contribution in [3.63, 3.8) is 0 Å². The standard InChI is InChI=1S/C13H19ClFN/c1-3-6-12(16-9-4-2)10-7-5-8-11(15)13(10)14/h5,7-8,12,16H,3-4,6,9H2,1-2H3. The number of halogens is 2. The Morgan fingerprint density at radius 3 is 2.69 bits per heavy atom. The average molecular weight is 244 g/mol. The molecule has 0 aliphatic carbocycles. The highest BCUT2D eigenvalue weighted by molar-refractivity contribution is 6.31. The largest absolute Gasteiger partial charge is 0.310 e. The van der Waals surface area contributed by atoms with E-state index in [2.05, 4.69) is 19.2 Å². The Kier molecular flexibility index (Phi) is 5.78. The van der Waals surface area contributed by atoms with Crippen molar-refractivity contribution in [1.82, 2.24) is 5.32 Å². The molecule has 1 nitrogen and oxygen atoms in total. The van der Waals surface area contributed by atoms with Crippen molar-refractivity contribution in [3.05, 3.63) is 34.6 Å². The zero-order valence-corrected chi connectivity index (χ0v) is 10.6. The maximum Gasteiger partial charge on any atom is 0.142 e. The Balaban J connectivity index is 2.86. The molecule has 3 heteroatoms. The van der Waals surface area contributed by atoms with Gasteiger partial charge in [0.15, 0.2) is 0 Å². The molecule has 1 unspecified atom stereocenters.